The molecule has 5 nitrogen and oxygen atoms in total. The van der Waals surface area contributed by atoms with Crippen molar-refractivity contribution in [3.8, 4) is 34.1 Å². The standard InChI is InChI=1S/C18H16ClNO4/c1-22-12-7-11(8-13(9-12)23-2)18-15(10-21)17(20-24-18)14-5-3-4-6-16(14)19/h3-9,21H,10H2,1-2H3. The molecule has 0 atom stereocenters. The molecule has 0 amide bonds. The zero-order valence-corrected chi connectivity index (χ0v) is 14.0. The molecule has 1 N–H and O–H groups in total. The van der Waals surface area contributed by atoms with Crippen molar-refractivity contribution in [2.75, 3.05) is 14.2 Å². The van der Waals surface area contributed by atoms with Gasteiger partial charge in [-0.3, -0.25) is 0 Å². The molecular weight excluding hydrogens is 330 g/mol. The van der Waals surface area contributed by atoms with Crippen LogP contribution in [0.15, 0.2) is 47.0 Å². The number of nitrogens with zero attached hydrogens (tertiary/aromatic N) is 1. The summed E-state index contributed by atoms with van der Waals surface area (Å²) in [6, 6.07) is 12.6. The van der Waals surface area contributed by atoms with Gasteiger partial charge in [0.15, 0.2) is 5.76 Å². The first-order chi connectivity index (χ1) is 11.7. The molecular formula is C18H16ClNO4. The van der Waals surface area contributed by atoms with Gasteiger partial charge >= 0.3 is 0 Å². The van der Waals surface area contributed by atoms with E-state index in [0.717, 1.165) is 0 Å². The molecule has 0 saturated carbocycles. The highest BCUT2D eigenvalue weighted by molar-refractivity contribution is 6.33. The molecule has 0 bridgehead atoms. The van der Waals surface area contributed by atoms with Crippen molar-refractivity contribution in [2.45, 2.75) is 6.61 Å². The number of rotatable bonds is 5. The summed E-state index contributed by atoms with van der Waals surface area (Å²) in [4.78, 5) is 0. The molecule has 124 valence electrons. The number of methoxy groups -OCH3 is 2. The third-order valence-electron chi connectivity index (χ3n) is 3.69. The van der Waals surface area contributed by atoms with Crippen LogP contribution in [0.5, 0.6) is 11.5 Å². The maximum atomic E-state index is 9.85. The smallest absolute Gasteiger partial charge is 0.173 e. The highest BCUT2D eigenvalue weighted by Crippen LogP contribution is 2.37. The van der Waals surface area contributed by atoms with Crippen molar-refractivity contribution in [1.29, 1.82) is 0 Å². The Morgan fingerprint density at radius 2 is 1.75 bits per heavy atom. The molecule has 0 aliphatic rings. The summed E-state index contributed by atoms with van der Waals surface area (Å²) in [6.45, 7) is -0.237. The summed E-state index contributed by atoms with van der Waals surface area (Å²) < 4.78 is 16.1. The summed E-state index contributed by atoms with van der Waals surface area (Å²) in [5, 5.41) is 14.5. The van der Waals surface area contributed by atoms with Gasteiger partial charge in [0.05, 0.1) is 31.4 Å². The van der Waals surface area contributed by atoms with Crippen LogP contribution in [0.2, 0.25) is 5.02 Å². The first-order valence-corrected chi connectivity index (χ1v) is 7.63. The highest BCUT2D eigenvalue weighted by atomic mass is 35.5. The predicted octanol–water partition coefficient (Wildman–Crippen LogP) is 4.17. The SMILES string of the molecule is COc1cc(OC)cc(-c2onc(-c3ccccc3Cl)c2CO)c1. The number of ether oxygens (including phenoxy) is 2. The summed E-state index contributed by atoms with van der Waals surface area (Å²) in [5.41, 5.74) is 2.47. The molecule has 0 radical (unpaired) electrons. The number of benzene rings is 2. The van der Waals surface area contributed by atoms with Gasteiger partial charge in [0.2, 0.25) is 0 Å². The van der Waals surface area contributed by atoms with Crippen molar-refractivity contribution in [2.24, 2.45) is 0 Å². The molecule has 0 aliphatic heterocycles. The van der Waals surface area contributed by atoms with E-state index in [1.165, 1.54) is 0 Å². The van der Waals surface area contributed by atoms with Gasteiger partial charge in [-0.05, 0) is 18.2 Å². The van der Waals surface area contributed by atoms with Gasteiger partial charge in [-0.25, -0.2) is 0 Å². The van der Waals surface area contributed by atoms with E-state index in [1.54, 1.807) is 38.5 Å². The first-order valence-electron chi connectivity index (χ1n) is 7.25. The zero-order chi connectivity index (χ0) is 17.1. The van der Waals surface area contributed by atoms with E-state index < -0.39 is 0 Å². The van der Waals surface area contributed by atoms with Crippen LogP contribution in [0.4, 0.5) is 0 Å². The van der Waals surface area contributed by atoms with Crippen LogP contribution in [0.3, 0.4) is 0 Å². The molecule has 6 heteroatoms. The van der Waals surface area contributed by atoms with Crippen molar-refractivity contribution in [1.82, 2.24) is 5.16 Å². The second kappa shape index (κ2) is 6.95. The average molecular weight is 346 g/mol. The molecule has 0 saturated heterocycles. The minimum atomic E-state index is -0.237. The minimum absolute atomic E-state index is 0.237. The van der Waals surface area contributed by atoms with Gasteiger partial charge in [0, 0.05) is 17.2 Å². The lowest BCUT2D eigenvalue weighted by molar-refractivity contribution is 0.281. The van der Waals surface area contributed by atoms with Crippen LogP contribution in [-0.4, -0.2) is 24.5 Å². The Hall–Kier alpha value is -2.50. The Bertz CT molecular complexity index is 838. The third-order valence-corrected chi connectivity index (χ3v) is 4.02. The fourth-order valence-electron chi connectivity index (χ4n) is 2.49. The molecule has 0 unspecified atom stereocenters. The van der Waals surface area contributed by atoms with Crippen LogP contribution in [0.25, 0.3) is 22.6 Å². The lowest BCUT2D eigenvalue weighted by atomic mass is 10.0. The molecule has 0 fully saturated rings. The summed E-state index contributed by atoms with van der Waals surface area (Å²) in [5.74, 6) is 1.68. The number of halogens is 1. The summed E-state index contributed by atoms with van der Waals surface area (Å²) in [6.07, 6.45) is 0. The zero-order valence-electron chi connectivity index (χ0n) is 13.2. The van der Waals surface area contributed by atoms with E-state index in [-0.39, 0.29) is 6.61 Å². The normalized spacial score (nSPS) is 10.7. The Labute approximate surface area is 144 Å². The molecule has 3 aromatic rings. The summed E-state index contributed by atoms with van der Waals surface area (Å²) >= 11 is 6.24. The molecule has 0 spiro atoms. The van der Waals surface area contributed by atoms with Crippen LogP contribution in [0, 0.1) is 0 Å². The quantitative estimate of drug-likeness (QED) is 0.751. The van der Waals surface area contributed by atoms with E-state index >= 15 is 0 Å². The topological polar surface area (TPSA) is 64.7 Å². The van der Waals surface area contributed by atoms with Crippen molar-refractivity contribution < 1.29 is 19.1 Å². The van der Waals surface area contributed by atoms with Crippen LogP contribution in [-0.2, 0) is 6.61 Å². The minimum Gasteiger partial charge on any atom is -0.497 e. The number of aromatic nitrogens is 1. The lowest BCUT2D eigenvalue weighted by Gasteiger charge is -2.08. The summed E-state index contributed by atoms with van der Waals surface area (Å²) in [7, 11) is 3.14. The largest absolute Gasteiger partial charge is 0.497 e. The Morgan fingerprint density at radius 3 is 2.33 bits per heavy atom. The first kappa shape index (κ1) is 16.4. The number of aliphatic hydroxyl groups is 1. The third kappa shape index (κ3) is 2.96. The van der Waals surface area contributed by atoms with E-state index in [9.17, 15) is 5.11 Å². The second-order valence-corrected chi connectivity index (χ2v) is 5.49. The maximum Gasteiger partial charge on any atom is 0.173 e. The molecule has 1 heterocycles. The second-order valence-electron chi connectivity index (χ2n) is 5.08. The van der Waals surface area contributed by atoms with Crippen molar-refractivity contribution in [3.05, 3.63) is 53.1 Å². The fraction of sp³-hybridized carbons (Fsp3) is 0.167. The molecule has 1 aromatic heterocycles. The Kier molecular flexibility index (Phi) is 4.74. The number of hydrogen-bond donors (Lipinski definition) is 1. The lowest BCUT2D eigenvalue weighted by Crippen LogP contribution is -1.92. The monoisotopic (exact) mass is 345 g/mol. The van der Waals surface area contributed by atoms with Gasteiger partial charge < -0.3 is 19.1 Å². The van der Waals surface area contributed by atoms with E-state index in [0.29, 0.717) is 44.7 Å². The Morgan fingerprint density at radius 1 is 1.08 bits per heavy atom. The van der Waals surface area contributed by atoms with Gasteiger partial charge in [0.1, 0.15) is 17.2 Å². The average Bonchev–Trinajstić information content (AvgIpc) is 3.05. The Balaban J connectivity index is 2.16. The van der Waals surface area contributed by atoms with Gasteiger partial charge in [-0.1, -0.05) is 35.0 Å². The van der Waals surface area contributed by atoms with Gasteiger partial charge in [0.25, 0.3) is 0 Å². The van der Waals surface area contributed by atoms with Crippen molar-refractivity contribution in [3.63, 3.8) is 0 Å². The number of aliphatic hydroxyl groups excluding tert-OH is 1. The molecule has 3 rings (SSSR count). The molecule has 0 aliphatic carbocycles. The molecule has 2 aromatic carbocycles. The molecule has 24 heavy (non-hydrogen) atoms. The van der Waals surface area contributed by atoms with Crippen LogP contribution >= 0.6 is 11.6 Å². The van der Waals surface area contributed by atoms with Gasteiger partial charge in [-0.2, -0.15) is 0 Å². The maximum absolute atomic E-state index is 9.85. The van der Waals surface area contributed by atoms with E-state index in [1.807, 2.05) is 18.2 Å². The highest BCUT2D eigenvalue weighted by Gasteiger charge is 2.21. The van der Waals surface area contributed by atoms with Crippen LogP contribution < -0.4 is 9.47 Å². The van der Waals surface area contributed by atoms with Crippen LogP contribution in [0.1, 0.15) is 5.56 Å². The van der Waals surface area contributed by atoms with E-state index in [4.69, 9.17) is 25.6 Å². The number of hydrogen-bond acceptors (Lipinski definition) is 5. The fourth-order valence-corrected chi connectivity index (χ4v) is 2.71. The van der Waals surface area contributed by atoms with E-state index in [2.05, 4.69) is 5.16 Å². The predicted molar refractivity (Wildman–Crippen MR) is 91.4 cm³/mol. The van der Waals surface area contributed by atoms with Crippen molar-refractivity contribution >= 4 is 11.6 Å². The van der Waals surface area contributed by atoms with Gasteiger partial charge in [-0.15, -0.1) is 0 Å².